The van der Waals surface area contributed by atoms with Crippen molar-refractivity contribution in [2.24, 2.45) is 0 Å². The molecular weight excluding hydrogens is 1010 g/mol. The van der Waals surface area contributed by atoms with Gasteiger partial charge >= 0.3 is 0 Å². The number of allylic oxidation sites excluding steroid dienone is 13. The van der Waals surface area contributed by atoms with Gasteiger partial charge in [-0.3, -0.25) is 9.36 Å². The van der Waals surface area contributed by atoms with Crippen molar-refractivity contribution >= 4 is 13.7 Å². The third kappa shape index (κ3) is 63.3. The lowest BCUT2D eigenvalue weighted by Crippen LogP contribution is -2.45. The quantitative estimate of drug-likeness (QED) is 0.0272. The smallest absolute Gasteiger partial charge is 0.268 e. The van der Waals surface area contributed by atoms with Crippen LogP contribution in [0.25, 0.3) is 0 Å². The predicted molar refractivity (Wildman–Crippen MR) is 348 cm³/mol. The summed E-state index contributed by atoms with van der Waals surface area (Å²) in [6, 6.07) is -0.905. The minimum absolute atomic E-state index is 0.00670. The summed E-state index contributed by atoms with van der Waals surface area (Å²) in [5.74, 6) is -0.203. The number of carbonyl (C=O) groups is 1. The molecule has 2 N–H and O–H groups in total. The van der Waals surface area contributed by atoms with Crippen molar-refractivity contribution in [3.63, 3.8) is 0 Å². The largest absolute Gasteiger partial charge is 0.756 e. The van der Waals surface area contributed by atoms with E-state index >= 15 is 0 Å². The molecule has 0 spiro atoms. The third-order valence-electron chi connectivity index (χ3n) is 15.1. The first-order valence-corrected chi connectivity index (χ1v) is 35.4. The molecule has 0 aliphatic heterocycles. The number of likely N-dealkylation sites (N-methyl/N-ethyl adjacent to an activating group) is 1. The van der Waals surface area contributed by atoms with E-state index in [4.69, 9.17) is 9.05 Å². The van der Waals surface area contributed by atoms with Crippen LogP contribution in [0.5, 0.6) is 0 Å². The topological polar surface area (TPSA) is 108 Å². The number of aliphatic hydroxyl groups excluding tert-OH is 1. The van der Waals surface area contributed by atoms with Crippen molar-refractivity contribution in [3.8, 4) is 0 Å². The molecule has 9 heteroatoms. The Balaban J connectivity index is 3.99. The molecule has 0 saturated heterocycles. The van der Waals surface area contributed by atoms with Crippen LogP contribution in [0.1, 0.15) is 309 Å². The summed E-state index contributed by atoms with van der Waals surface area (Å²) in [6.07, 6.45) is 87.1. The van der Waals surface area contributed by atoms with Crippen LogP contribution in [0.4, 0.5) is 0 Å². The van der Waals surface area contributed by atoms with Crippen LogP contribution in [0, 0.1) is 0 Å². The Hall–Kier alpha value is -2.32. The summed E-state index contributed by atoms with van der Waals surface area (Å²) in [6.45, 7) is 4.54. The van der Waals surface area contributed by atoms with Crippen molar-refractivity contribution in [2.45, 2.75) is 321 Å². The first-order valence-electron chi connectivity index (χ1n) is 33.9. The molecule has 0 aromatic heterocycles. The van der Waals surface area contributed by atoms with Gasteiger partial charge in [0.1, 0.15) is 13.2 Å². The van der Waals surface area contributed by atoms with Gasteiger partial charge in [0, 0.05) is 6.42 Å². The van der Waals surface area contributed by atoms with Crippen molar-refractivity contribution in [3.05, 3.63) is 85.1 Å². The predicted octanol–water partition coefficient (Wildman–Crippen LogP) is 20.9. The van der Waals surface area contributed by atoms with Gasteiger partial charge in [0.2, 0.25) is 5.91 Å². The number of nitrogens with zero attached hydrogens (tertiary/aromatic N) is 1. The summed E-state index contributed by atoms with van der Waals surface area (Å²) in [7, 11) is 1.25. The van der Waals surface area contributed by atoms with Gasteiger partial charge in [-0.05, 0) is 77.0 Å². The number of amides is 1. The van der Waals surface area contributed by atoms with Crippen molar-refractivity contribution in [1.29, 1.82) is 0 Å². The molecule has 1 amide bonds. The van der Waals surface area contributed by atoms with E-state index in [-0.39, 0.29) is 12.5 Å². The Kier molecular flexibility index (Phi) is 59.5. The summed E-state index contributed by atoms with van der Waals surface area (Å²) < 4.78 is 23.4. The van der Waals surface area contributed by atoms with E-state index in [1.165, 1.54) is 218 Å². The monoisotopic (exact) mass is 1140 g/mol. The van der Waals surface area contributed by atoms with E-state index in [2.05, 4.69) is 92.1 Å². The number of quaternary nitrogens is 1. The molecule has 0 aliphatic carbocycles. The minimum Gasteiger partial charge on any atom is -0.756 e. The zero-order valence-electron chi connectivity index (χ0n) is 53.3. The number of unbranched alkanes of at least 4 members (excludes halogenated alkanes) is 37. The Labute approximate surface area is 497 Å². The molecule has 0 radical (unpaired) electrons. The van der Waals surface area contributed by atoms with Crippen LogP contribution in [0.15, 0.2) is 85.1 Å². The first-order chi connectivity index (χ1) is 39.0. The average Bonchev–Trinajstić information content (AvgIpc) is 3.42. The fourth-order valence-electron chi connectivity index (χ4n) is 9.85. The SMILES string of the molecule is CC/C=C\C/C=C\C/C=C\C/C=C\C/C=C\CCCCCCCCCCCCCCCCCCCCCCCCCC(=O)NC(COP(=O)([O-])OCC[N+](C)(C)C)C(O)/C=C/CC/C=C/CCCCCCCCCCCCCCC. The third-order valence-corrected chi connectivity index (χ3v) is 16.1. The maximum Gasteiger partial charge on any atom is 0.268 e. The summed E-state index contributed by atoms with van der Waals surface area (Å²) in [5, 5.41) is 13.9. The van der Waals surface area contributed by atoms with Crippen molar-refractivity contribution < 1.29 is 32.9 Å². The number of aliphatic hydroxyl groups is 1. The number of phosphoric acid groups is 1. The van der Waals surface area contributed by atoms with Crippen LogP contribution < -0.4 is 10.2 Å². The molecule has 0 heterocycles. The summed E-state index contributed by atoms with van der Waals surface area (Å²) >= 11 is 0. The number of phosphoric ester groups is 1. The van der Waals surface area contributed by atoms with Crippen LogP contribution in [-0.4, -0.2) is 68.5 Å². The molecule has 8 nitrogen and oxygen atoms in total. The number of nitrogens with one attached hydrogen (secondary N) is 1. The zero-order valence-corrected chi connectivity index (χ0v) is 54.2. The lowest BCUT2D eigenvalue weighted by Gasteiger charge is -2.29. The molecule has 0 saturated carbocycles. The number of carbonyl (C=O) groups excluding carboxylic acids is 1. The lowest BCUT2D eigenvalue weighted by atomic mass is 10.0. The molecular formula is C71H131N2O6P. The lowest BCUT2D eigenvalue weighted by molar-refractivity contribution is -0.870. The number of hydrogen-bond acceptors (Lipinski definition) is 6. The fraction of sp³-hybridized carbons (Fsp3) is 0.789. The molecule has 0 bridgehead atoms. The Morgan fingerprint density at radius 2 is 0.775 bits per heavy atom. The highest BCUT2D eigenvalue weighted by Gasteiger charge is 2.23. The molecule has 0 aromatic rings. The Morgan fingerprint density at radius 3 is 1.16 bits per heavy atom. The van der Waals surface area contributed by atoms with Gasteiger partial charge in [-0.2, -0.15) is 0 Å². The van der Waals surface area contributed by atoms with E-state index < -0.39 is 26.6 Å². The second-order valence-corrected chi connectivity index (χ2v) is 25.6. The highest BCUT2D eigenvalue weighted by molar-refractivity contribution is 7.45. The zero-order chi connectivity index (χ0) is 58.4. The van der Waals surface area contributed by atoms with Gasteiger partial charge < -0.3 is 28.8 Å². The van der Waals surface area contributed by atoms with Gasteiger partial charge in [0.15, 0.2) is 0 Å². The maximum atomic E-state index is 13.0. The maximum absolute atomic E-state index is 13.0. The first kappa shape index (κ1) is 77.7. The minimum atomic E-state index is -4.61. The second-order valence-electron chi connectivity index (χ2n) is 24.1. The normalized spacial score (nSPS) is 14.2. The van der Waals surface area contributed by atoms with Crippen LogP contribution in [-0.2, 0) is 18.4 Å². The standard InChI is InChI=1S/C71H131N2O6P/c1-6-8-10-12-14-16-18-20-22-24-26-27-28-29-30-31-32-33-34-35-36-37-38-39-40-41-42-43-44-45-47-49-51-53-55-57-59-61-63-65-71(75)72-69(68-79-80(76,77)78-67-66-73(3,4)5)70(74)64-62-60-58-56-54-52-50-48-46-25-23-21-19-17-15-13-11-9-7-2/h8,10,14,16,20,22,26-27,29-30,54,56,62,64,69-70,74H,6-7,9,11-13,15,17-19,21,23-25,28,31-53,55,57-61,63,65-68H2,1-5H3,(H-,72,75,76,77)/b10-8-,16-14-,22-20-,27-26-,30-29-,56-54+,64-62+. The summed E-state index contributed by atoms with van der Waals surface area (Å²) in [5.41, 5.74) is 0. The molecule has 0 aromatic carbocycles. The molecule has 0 rings (SSSR count). The Bertz CT molecular complexity index is 1580. The second kappa shape index (κ2) is 61.2. The van der Waals surface area contributed by atoms with Crippen molar-refractivity contribution in [2.75, 3.05) is 40.9 Å². The van der Waals surface area contributed by atoms with E-state index in [1.807, 2.05) is 27.2 Å². The molecule has 466 valence electrons. The Morgan fingerprint density at radius 1 is 0.450 bits per heavy atom. The van der Waals surface area contributed by atoms with Gasteiger partial charge in [-0.25, -0.2) is 0 Å². The van der Waals surface area contributed by atoms with Gasteiger partial charge in [-0.1, -0.05) is 311 Å². The van der Waals surface area contributed by atoms with E-state index in [1.54, 1.807) is 6.08 Å². The van der Waals surface area contributed by atoms with Gasteiger partial charge in [-0.15, -0.1) is 0 Å². The van der Waals surface area contributed by atoms with Crippen LogP contribution >= 0.6 is 7.82 Å². The molecule has 0 aliphatic rings. The van der Waals surface area contributed by atoms with Gasteiger partial charge in [0.05, 0.1) is 39.9 Å². The highest BCUT2D eigenvalue weighted by atomic mass is 31.2. The molecule has 80 heavy (non-hydrogen) atoms. The van der Waals surface area contributed by atoms with E-state index in [9.17, 15) is 19.4 Å². The molecule has 0 fully saturated rings. The van der Waals surface area contributed by atoms with E-state index in [0.29, 0.717) is 17.4 Å². The number of hydrogen-bond donors (Lipinski definition) is 2. The van der Waals surface area contributed by atoms with Gasteiger partial charge in [0.25, 0.3) is 7.82 Å². The highest BCUT2D eigenvalue weighted by Crippen LogP contribution is 2.38. The van der Waals surface area contributed by atoms with Crippen LogP contribution in [0.2, 0.25) is 0 Å². The van der Waals surface area contributed by atoms with E-state index in [0.717, 1.165) is 70.6 Å². The van der Waals surface area contributed by atoms with Crippen molar-refractivity contribution in [1.82, 2.24) is 5.32 Å². The average molecular weight is 1140 g/mol. The molecule has 3 atom stereocenters. The molecule has 3 unspecified atom stereocenters. The number of rotatable bonds is 62. The van der Waals surface area contributed by atoms with Crippen LogP contribution in [0.3, 0.4) is 0 Å². The fourth-order valence-corrected chi connectivity index (χ4v) is 10.6. The summed E-state index contributed by atoms with van der Waals surface area (Å²) in [4.78, 5) is 25.6.